The maximum Gasteiger partial charge on any atom is 0.149 e. The van der Waals surface area contributed by atoms with E-state index in [2.05, 4.69) is 5.10 Å². The van der Waals surface area contributed by atoms with Gasteiger partial charge >= 0.3 is 0 Å². The zero-order valence-corrected chi connectivity index (χ0v) is 10.2. The van der Waals surface area contributed by atoms with E-state index in [0.717, 1.165) is 5.69 Å². The highest BCUT2D eigenvalue weighted by atomic mass is 32.2. The molecule has 1 aliphatic rings. The molecule has 1 heterocycles. The van der Waals surface area contributed by atoms with Gasteiger partial charge in [-0.25, -0.2) is 8.42 Å². The number of aromatic amines is 1. The number of H-pyrrole nitrogens is 1. The summed E-state index contributed by atoms with van der Waals surface area (Å²) in [6.45, 7) is 0.421. The summed E-state index contributed by atoms with van der Waals surface area (Å²) >= 11 is 5.15. The van der Waals surface area contributed by atoms with Gasteiger partial charge in [-0.1, -0.05) is 12.2 Å². The van der Waals surface area contributed by atoms with Crippen LogP contribution in [-0.2, 0) is 16.4 Å². The summed E-state index contributed by atoms with van der Waals surface area (Å²) in [6.07, 6.45) is 3.66. The van der Waals surface area contributed by atoms with Crippen LogP contribution in [0.1, 0.15) is 24.5 Å². The summed E-state index contributed by atoms with van der Waals surface area (Å²) in [5, 5.41) is 3.16. The normalized spacial score (nSPS) is 16.9. The van der Waals surface area contributed by atoms with Gasteiger partial charge in [-0.05, 0) is 18.9 Å². The molecule has 0 aromatic carbocycles. The van der Waals surface area contributed by atoms with Crippen molar-refractivity contribution >= 4 is 22.1 Å². The van der Waals surface area contributed by atoms with Crippen molar-refractivity contribution < 1.29 is 8.42 Å². The molecular weight excluding hydrogens is 232 g/mol. The molecule has 1 fully saturated rings. The molecule has 1 N–H and O–H groups in total. The Morgan fingerprint density at radius 1 is 1.60 bits per heavy atom. The number of nitrogens with zero attached hydrogens (tertiary/aromatic N) is 1. The van der Waals surface area contributed by atoms with Crippen molar-refractivity contribution in [2.45, 2.75) is 25.3 Å². The van der Waals surface area contributed by atoms with Gasteiger partial charge in [0.2, 0.25) is 0 Å². The Bertz CT molecular complexity index is 508. The Morgan fingerprint density at radius 2 is 2.27 bits per heavy atom. The second kappa shape index (κ2) is 3.75. The Kier molecular flexibility index (Phi) is 2.72. The largest absolute Gasteiger partial charge is 0.301 e. The number of rotatable bonds is 4. The molecule has 6 heteroatoms. The van der Waals surface area contributed by atoms with E-state index in [4.69, 9.17) is 12.2 Å². The molecule has 0 radical (unpaired) electrons. The van der Waals surface area contributed by atoms with Crippen molar-refractivity contribution in [1.29, 1.82) is 0 Å². The summed E-state index contributed by atoms with van der Waals surface area (Å²) in [5.74, 6) is 0.748. The quantitative estimate of drug-likeness (QED) is 0.818. The molecule has 1 saturated carbocycles. The lowest BCUT2D eigenvalue weighted by Gasteiger charge is -2.01. The molecule has 84 valence electrons. The molecule has 1 aliphatic carbocycles. The average Bonchev–Trinajstić information content (AvgIpc) is 2.87. The average molecular weight is 246 g/mol. The van der Waals surface area contributed by atoms with E-state index < -0.39 is 9.84 Å². The molecular formula is C9H14N2O2S2. The topological polar surface area (TPSA) is 54.9 Å². The van der Waals surface area contributed by atoms with Crippen LogP contribution in [-0.4, -0.2) is 30.2 Å². The summed E-state index contributed by atoms with van der Waals surface area (Å²) < 4.78 is 24.5. The van der Waals surface area contributed by atoms with Crippen molar-refractivity contribution in [3.63, 3.8) is 0 Å². The summed E-state index contributed by atoms with van der Waals surface area (Å²) in [4.78, 5) is 0. The van der Waals surface area contributed by atoms with Crippen LogP contribution in [0.4, 0.5) is 0 Å². The van der Waals surface area contributed by atoms with Crippen molar-refractivity contribution in [2.75, 3.05) is 12.0 Å². The van der Waals surface area contributed by atoms with E-state index in [-0.39, 0.29) is 5.75 Å². The van der Waals surface area contributed by atoms with E-state index in [1.54, 1.807) is 4.68 Å². The van der Waals surface area contributed by atoms with E-state index in [1.807, 2.05) is 6.07 Å². The van der Waals surface area contributed by atoms with Crippen molar-refractivity contribution in [1.82, 2.24) is 9.78 Å². The smallest absolute Gasteiger partial charge is 0.149 e. The minimum atomic E-state index is -2.92. The molecule has 0 spiro atoms. The van der Waals surface area contributed by atoms with Gasteiger partial charge in [0.05, 0.1) is 12.3 Å². The highest BCUT2D eigenvalue weighted by molar-refractivity contribution is 7.90. The Morgan fingerprint density at radius 3 is 2.80 bits per heavy atom. The molecule has 0 aliphatic heterocycles. The third kappa shape index (κ3) is 2.92. The monoisotopic (exact) mass is 246 g/mol. The first-order chi connectivity index (χ1) is 6.96. The molecule has 0 bridgehead atoms. The number of sulfone groups is 1. The molecule has 2 rings (SSSR count). The van der Waals surface area contributed by atoms with Crippen LogP contribution >= 0.6 is 12.2 Å². The predicted molar refractivity (Wildman–Crippen MR) is 61.3 cm³/mol. The standard InChI is InChI=1S/C9H14N2O2S2/c1-15(12,13)5-4-11-9(14)6-8(10-11)7-2-3-7/h6-7,10H,2-5H2,1H3. The third-order valence-corrected chi connectivity index (χ3v) is 3.77. The van der Waals surface area contributed by atoms with E-state index >= 15 is 0 Å². The second-order valence-electron chi connectivity index (χ2n) is 4.11. The van der Waals surface area contributed by atoms with Crippen LogP contribution in [0.3, 0.4) is 0 Å². The molecule has 0 unspecified atom stereocenters. The van der Waals surface area contributed by atoms with Crippen LogP contribution in [0.25, 0.3) is 0 Å². The number of aryl methyl sites for hydroxylation is 1. The van der Waals surface area contributed by atoms with Gasteiger partial charge in [0.15, 0.2) is 0 Å². The molecule has 0 amide bonds. The number of hydrogen-bond acceptors (Lipinski definition) is 3. The highest BCUT2D eigenvalue weighted by Crippen LogP contribution is 2.38. The zero-order chi connectivity index (χ0) is 11.1. The first-order valence-corrected chi connectivity index (χ1v) is 7.40. The van der Waals surface area contributed by atoms with Gasteiger partial charge in [-0.2, -0.15) is 0 Å². The lowest BCUT2D eigenvalue weighted by atomic mass is 10.3. The first-order valence-electron chi connectivity index (χ1n) is 4.93. The Hall–Kier alpha value is -0.620. The van der Waals surface area contributed by atoms with Crippen molar-refractivity contribution in [3.8, 4) is 0 Å². The summed E-state index contributed by atoms with van der Waals surface area (Å²) in [7, 11) is -2.92. The molecule has 0 saturated heterocycles. The Balaban J connectivity index is 2.11. The highest BCUT2D eigenvalue weighted by Gasteiger charge is 2.25. The zero-order valence-electron chi connectivity index (χ0n) is 8.56. The van der Waals surface area contributed by atoms with Gasteiger partial charge in [-0.15, -0.1) is 0 Å². The first kappa shape index (κ1) is 10.9. The summed E-state index contributed by atoms with van der Waals surface area (Å²) in [6, 6.07) is 1.94. The van der Waals surface area contributed by atoms with Gasteiger partial charge in [0, 0.05) is 17.9 Å². The van der Waals surface area contributed by atoms with Crippen molar-refractivity contribution in [2.24, 2.45) is 0 Å². The lowest BCUT2D eigenvalue weighted by Crippen LogP contribution is -2.12. The predicted octanol–water partition coefficient (Wildman–Crippen LogP) is 1.47. The minimum absolute atomic E-state index is 0.131. The molecule has 1 aromatic rings. The molecule has 0 atom stereocenters. The fourth-order valence-electron chi connectivity index (χ4n) is 1.48. The number of aromatic nitrogens is 2. The fraction of sp³-hybridized carbons (Fsp3) is 0.667. The maximum atomic E-state index is 11.0. The minimum Gasteiger partial charge on any atom is -0.301 e. The van der Waals surface area contributed by atoms with E-state index in [9.17, 15) is 8.42 Å². The fourth-order valence-corrected chi connectivity index (χ4v) is 2.26. The van der Waals surface area contributed by atoms with Gasteiger partial charge in [-0.3, -0.25) is 4.68 Å². The van der Waals surface area contributed by atoms with Gasteiger partial charge in [0.25, 0.3) is 0 Å². The van der Waals surface area contributed by atoms with Crippen LogP contribution in [0.5, 0.6) is 0 Å². The molecule has 4 nitrogen and oxygen atoms in total. The van der Waals surface area contributed by atoms with Crippen molar-refractivity contribution in [3.05, 3.63) is 16.4 Å². The summed E-state index contributed by atoms with van der Waals surface area (Å²) in [5.41, 5.74) is 1.15. The van der Waals surface area contributed by atoms with Gasteiger partial charge in [0.1, 0.15) is 14.5 Å². The van der Waals surface area contributed by atoms with Crippen LogP contribution in [0.2, 0.25) is 0 Å². The molecule has 1 aromatic heterocycles. The number of nitrogens with one attached hydrogen (secondary N) is 1. The third-order valence-electron chi connectivity index (χ3n) is 2.51. The SMILES string of the molecule is CS(=O)(=O)CCn1[nH]c(C2CC2)cc1=S. The maximum absolute atomic E-state index is 11.0. The van der Waals surface area contributed by atoms with E-state index in [0.29, 0.717) is 17.1 Å². The van der Waals surface area contributed by atoms with E-state index in [1.165, 1.54) is 19.1 Å². The van der Waals surface area contributed by atoms with Crippen LogP contribution in [0, 0.1) is 4.64 Å². The molecule has 15 heavy (non-hydrogen) atoms. The second-order valence-corrected chi connectivity index (χ2v) is 6.78. The van der Waals surface area contributed by atoms with Gasteiger partial charge < -0.3 is 5.10 Å². The van der Waals surface area contributed by atoms with Crippen LogP contribution < -0.4 is 0 Å². The Labute approximate surface area is 94.2 Å². The lowest BCUT2D eigenvalue weighted by molar-refractivity contribution is 0.582. The van der Waals surface area contributed by atoms with Crippen LogP contribution in [0.15, 0.2) is 6.07 Å². The number of hydrogen-bond donors (Lipinski definition) is 1.